The second kappa shape index (κ2) is 7.23. The van der Waals surface area contributed by atoms with E-state index in [9.17, 15) is 0 Å². The van der Waals surface area contributed by atoms with Gasteiger partial charge in [0.15, 0.2) is 0 Å². The van der Waals surface area contributed by atoms with Crippen LogP contribution in [-0.4, -0.2) is 6.61 Å². The number of nitrogens with one attached hydrogen (secondary N) is 1. The average Bonchev–Trinajstić information content (AvgIpc) is 2.65. The summed E-state index contributed by atoms with van der Waals surface area (Å²) in [6.45, 7) is 2.58. The van der Waals surface area contributed by atoms with Gasteiger partial charge in [0, 0.05) is 0 Å². The summed E-state index contributed by atoms with van der Waals surface area (Å²) in [5, 5.41) is 0. The van der Waals surface area contributed by atoms with Crippen LogP contribution >= 0.6 is 0 Å². The quantitative estimate of drug-likeness (QED) is 0.534. The van der Waals surface area contributed by atoms with Crippen molar-refractivity contribution in [2.45, 2.75) is 12.5 Å². The van der Waals surface area contributed by atoms with Crippen LogP contribution in [0.15, 0.2) is 91.0 Å². The zero-order valence-corrected chi connectivity index (χ0v) is 13.3. The molecule has 0 aliphatic heterocycles. The van der Waals surface area contributed by atoms with Gasteiger partial charge in [-0.3, -0.25) is 0 Å². The average molecular weight is 303 g/mol. The van der Waals surface area contributed by atoms with Crippen LogP contribution in [0.25, 0.3) is 0 Å². The third-order valence-corrected chi connectivity index (χ3v) is 3.99. The third-order valence-electron chi connectivity index (χ3n) is 3.99. The first-order chi connectivity index (χ1) is 11.4. The van der Waals surface area contributed by atoms with E-state index in [0.29, 0.717) is 6.61 Å². The van der Waals surface area contributed by atoms with Gasteiger partial charge in [-0.2, -0.15) is 5.48 Å². The zero-order chi connectivity index (χ0) is 16.0. The molecule has 2 heteroatoms. The Balaban J connectivity index is 2.25. The largest absolute Gasteiger partial charge is 0.301 e. The summed E-state index contributed by atoms with van der Waals surface area (Å²) in [6, 6.07) is 31.2. The van der Waals surface area contributed by atoms with Gasteiger partial charge in [0.2, 0.25) is 0 Å². The molecule has 0 spiro atoms. The lowest BCUT2D eigenvalue weighted by Crippen LogP contribution is -2.44. The second-order valence-corrected chi connectivity index (χ2v) is 5.38. The summed E-state index contributed by atoms with van der Waals surface area (Å²) in [7, 11) is 0. The maximum atomic E-state index is 5.71. The summed E-state index contributed by atoms with van der Waals surface area (Å²) in [5.74, 6) is 0. The molecule has 0 amide bonds. The molecule has 2 nitrogen and oxygen atoms in total. The highest BCUT2D eigenvalue weighted by Gasteiger charge is 2.36. The number of benzene rings is 3. The summed E-state index contributed by atoms with van der Waals surface area (Å²) in [5.41, 5.74) is 6.22. The van der Waals surface area contributed by atoms with Gasteiger partial charge in [0.25, 0.3) is 0 Å². The third kappa shape index (κ3) is 3.04. The number of hydrogen-bond acceptors (Lipinski definition) is 2. The van der Waals surface area contributed by atoms with Crippen molar-refractivity contribution in [1.82, 2.24) is 5.48 Å². The van der Waals surface area contributed by atoms with Crippen molar-refractivity contribution < 1.29 is 4.84 Å². The minimum Gasteiger partial charge on any atom is -0.301 e. The first kappa shape index (κ1) is 15.5. The van der Waals surface area contributed by atoms with Crippen LogP contribution in [0.5, 0.6) is 0 Å². The molecule has 0 aromatic heterocycles. The van der Waals surface area contributed by atoms with E-state index in [2.05, 4.69) is 78.3 Å². The number of hydroxylamine groups is 1. The Kier molecular flexibility index (Phi) is 4.86. The zero-order valence-electron chi connectivity index (χ0n) is 13.3. The van der Waals surface area contributed by atoms with Crippen LogP contribution in [0, 0.1) is 0 Å². The SMILES string of the molecule is CCONC(c1ccccc1)(c1ccccc1)c1ccccc1. The monoisotopic (exact) mass is 303 g/mol. The first-order valence-electron chi connectivity index (χ1n) is 7.93. The van der Waals surface area contributed by atoms with E-state index in [1.165, 1.54) is 0 Å². The fourth-order valence-corrected chi connectivity index (χ4v) is 2.92. The Bertz CT molecular complexity index is 614. The van der Waals surface area contributed by atoms with Crippen molar-refractivity contribution in [3.63, 3.8) is 0 Å². The molecule has 0 heterocycles. The van der Waals surface area contributed by atoms with Gasteiger partial charge in [0.05, 0.1) is 6.61 Å². The molecule has 3 aromatic carbocycles. The smallest absolute Gasteiger partial charge is 0.118 e. The van der Waals surface area contributed by atoms with Gasteiger partial charge in [-0.25, -0.2) is 0 Å². The maximum Gasteiger partial charge on any atom is 0.118 e. The normalized spacial score (nSPS) is 11.3. The van der Waals surface area contributed by atoms with Gasteiger partial charge in [0.1, 0.15) is 5.54 Å². The molecule has 0 saturated carbocycles. The molecular formula is C21H21NO. The highest BCUT2D eigenvalue weighted by molar-refractivity contribution is 5.48. The molecule has 0 aliphatic rings. The lowest BCUT2D eigenvalue weighted by molar-refractivity contribution is 0.00860. The van der Waals surface area contributed by atoms with Gasteiger partial charge in [-0.05, 0) is 23.6 Å². The highest BCUT2D eigenvalue weighted by Crippen LogP contribution is 2.36. The molecule has 116 valence electrons. The van der Waals surface area contributed by atoms with Gasteiger partial charge in [-0.15, -0.1) is 0 Å². The van der Waals surface area contributed by atoms with E-state index in [-0.39, 0.29) is 0 Å². The predicted molar refractivity (Wildman–Crippen MR) is 94.0 cm³/mol. The molecule has 23 heavy (non-hydrogen) atoms. The van der Waals surface area contributed by atoms with Crippen LogP contribution in [-0.2, 0) is 10.4 Å². The second-order valence-electron chi connectivity index (χ2n) is 5.38. The molecule has 0 bridgehead atoms. The Labute approximate surface area is 137 Å². The van der Waals surface area contributed by atoms with E-state index in [0.717, 1.165) is 16.7 Å². The lowest BCUT2D eigenvalue weighted by Gasteiger charge is -2.36. The van der Waals surface area contributed by atoms with E-state index in [1.807, 2.05) is 25.1 Å². The van der Waals surface area contributed by atoms with Crippen molar-refractivity contribution in [3.8, 4) is 0 Å². The van der Waals surface area contributed by atoms with Crippen LogP contribution in [0.4, 0.5) is 0 Å². The molecule has 0 unspecified atom stereocenters. The Morgan fingerprint density at radius 2 is 1.00 bits per heavy atom. The van der Waals surface area contributed by atoms with Gasteiger partial charge >= 0.3 is 0 Å². The van der Waals surface area contributed by atoms with Gasteiger partial charge < -0.3 is 4.84 Å². The first-order valence-corrected chi connectivity index (χ1v) is 7.93. The van der Waals surface area contributed by atoms with Crippen LogP contribution < -0.4 is 5.48 Å². The Morgan fingerprint density at radius 3 is 1.30 bits per heavy atom. The standard InChI is InChI=1S/C21H21NO/c1-2-23-22-21(18-12-6-3-7-13-18,19-14-8-4-9-15-19)20-16-10-5-11-17-20/h3-17,22H,2H2,1H3. The van der Waals surface area contributed by atoms with Crippen molar-refractivity contribution in [2.75, 3.05) is 6.61 Å². The molecule has 0 fully saturated rings. The molecular weight excluding hydrogens is 282 g/mol. The highest BCUT2D eigenvalue weighted by atomic mass is 16.6. The van der Waals surface area contributed by atoms with Crippen LogP contribution in [0.2, 0.25) is 0 Å². The molecule has 3 rings (SSSR count). The molecule has 0 atom stereocenters. The minimum atomic E-state index is -0.542. The van der Waals surface area contributed by atoms with Crippen molar-refractivity contribution in [2.24, 2.45) is 0 Å². The molecule has 0 saturated heterocycles. The Morgan fingerprint density at radius 1 is 0.652 bits per heavy atom. The van der Waals surface area contributed by atoms with E-state index in [4.69, 9.17) is 4.84 Å². The minimum absolute atomic E-state index is 0.542. The number of rotatable bonds is 6. The van der Waals surface area contributed by atoms with Crippen molar-refractivity contribution >= 4 is 0 Å². The number of hydrogen-bond donors (Lipinski definition) is 1. The molecule has 0 radical (unpaired) electrons. The summed E-state index contributed by atoms with van der Waals surface area (Å²) in [6.07, 6.45) is 0. The van der Waals surface area contributed by atoms with E-state index >= 15 is 0 Å². The van der Waals surface area contributed by atoms with Crippen molar-refractivity contribution in [3.05, 3.63) is 108 Å². The summed E-state index contributed by atoms with van der Waals surface area (Å²) < 4.78 is 0. The van der Waals surface area contributed by atoms with E-state index in [1.54, 1.807) is 0 Å². The predicted octanol–water partition coefficient (Wildman–Crippen LogP) is 4.52. The maximum absolute atomic E-state index is 5.71. The summed E-state index contributed by atoms with van der Waals surface area (Å²) >= 11 is 0. The fraction of sp³-hybridized carbons (Fsp3) is 0.143. The lowest BCUT2D eigenvalue weighted by atomic mass is 9.78. The fourth-order valence-electron chi connectivity index (χ4n) is 2.92. The molecule has 1 N–H and O–H groups in total. The van der Waals surface area contributed by atoms with Crippen LogP contribution in [0.3, 0.4) is 0 Å². The van der Waals surface area contributed by atoms with Crippen LogP contribution in [0.1, 0.15) is 23.6 Å². The molecule has 3 aromatic rings. The summed E-state index contributed by atoms with van der Waals surface area (Å²) in [4.78, 5) is 5.71. The van der Waals surface area contributed by atoms with E-state index < -0.39 is 5.54 Å². The van der Waals surface area contributed by atoms with Gasteiger partial charge in [-0.1, -0.05) is 91.0 Å². The Hall–Kier alpha value is -2.42. The topological polar surface area (TPSA) is 21.3 Å². The molecule has 0 aliphatic carbocycles. The van der Waals surface area contributed by atoms with Crippen molar-refractivity contribution in [1.29, 1.82) is 0 Å².